The minimum absolute atomic E-state index is 0.348. The molecule has 2 heterocycles. The standard InChI is InChI=1S/C18H26N4S/c1-4-19-18(21-12-10-16-7-5-6-11-20-16)22-14(2)13-17-9-8-15(3)23-17/h5-9,11,14H,4,10,12-13H2,1-3H3,(H2,19,21,22). The van der Waals surface area contributed by atoms with E-state index < -0.39 is 0 Å². The van der Waals surface area contributed by atoms with Crippen molar-refractivity contribution in [3.63, 3.8) is 0 Å². The summed E-state index contributed by atoms with van der Waals surface area (Å²) in [5.41, 5.74) is 1.08. The number of thiophene rings is 1. The molecule has 0 fully saturated rings. The Balaban J connectivity index is 1.85. The van der Waals surface area contributed by atoms with E-state index in [1.165, 1.54) is 9.75 Å². The Morgan fingerprint density at radius 2 is 2.17 bits per heavy atom. The fourth-order valence-electron chi connectivity index (χ4n) is 2.33. The van der Waals surface area contributed by atoms with Gasteiger partial charge in [0.1, 0.15) is 0 Å². The number of guanidine groups is 1. The van der Waals surface area contributed by atoms with Crippen molar-refractivity contribution < 1.29 is 0 Å². The Labute approximate surface area is 143 Å². The van der Waals surface area contributed by atoms with Gasteiger partial charge < -0.3 is 10.6 Å². The summed E-state index contributed by atoms with van der Waals surface area (Å²) < 4.78 is 0. The average molecular weight is 331 g/mol. The topological polar surface area (TPSA) is 49.3 Å². The highest BCUT2D eigenvalue weighted by Gasteiger charge is 2.07. The number of rotatable bonds is 7. The molecule has 2 N–H and O–H groups in total. The maximum atomic E-state index is 4.65. The van der Waals surface area contributed by atoms with Crippen molar-refractivity contribution in [2.75, 3.05) is 13.1 Å². The van der Waals surface area contributed by atoms with Crippen LogP contribution >= 0.6 is 11.3 Å². The predicted molar refractivity (Wildman–Crippen MR) is 99.3 cm³/mol. The molecule has 0 spiro atoms. The van der Waals surface area contributed by atoms with Crippen molar-refractivity contribution >= 4 is 17.3 Å². The molecule has 0 aliphatic carbocycles. The smallest absolute Gasteiger partial charge is 0.191 e. The van der Waals surface area contributed by atoms with E-state index in [2.05, 4.69) is 53.5 Å². The number of pyridine rings is 1. The van der Waals surface area contributed by atoms with Crippen molar-refractivity contribution in [2.45, 2.75) is 39.7 Å². The van der Waals surface area contributed by atoms with Crippen molar-refractivity contribution in [1.82, 2.24) is 15.6 Å². The van der Waals surface area contributed by atoms with Gasteiger partial charge in [-0.1, -0.05) is 6.07 Å². The quantitative estimate of drug-likeness (QED) is 0.605. The Hall–Kier alpha value is -1.88. The summed E-state index contributed by atoms with van der Waals surface area (Å²) in [5.74, 6) is 0.879. The summed E-state index contributed by atoms with van der Waals surface area (Å²) in [6.45, 7) is 8.02. The molecule has 2 rings (SSSR count). The number of aryl methyl sites for hydroxylation is 1. The molecule has 4 nitrogen and oxygen atoms in total. The molecule has 0 aliphatic rings. The van der Waals surface area contributed by atoms with E-state index in [0.29, 0.717) is 6.04 Å². The number of hydrogen-bond acceptors (Lipinski definition) is 3. The largest absolute Gasteiger partial charge is 0.357 e. The lowest BCUT2D eigenvalue weighted by Gasteiger charge is -2.17. The lowest BCUT2D eigenvalue weighted by atomic mass is 10.2. The molecular weight excluding hydrogens is 304 g/mol. The summed E-state index contributed by atoms with van der Waals surface area (Å²) >= 11 is 1.86. The molecule has 2 aromatic heterocycles. The summed E-state index contributed by atoms with van der Waals surface area (Å²) in [6, 6.07) is 10.7. The van der Waals surface area contributed by atoms with Gasteiger partial charge in [-0.3, -0.25) is 9.98 Å². The summed E-state index contributed by atoms with van der Waals surface area (Å²) in [7, 11) is 0. The van der Waals surface area contributed by atoms with Gasteiger partial charge in [0.25, 0.3) is 0 Å². The third kappa shape index (κ3) is 6.40. The molecule has 23 heavy (non-hydrogen) atoms. The average Bonchev–Trinajstić information content (AvgIpc) is 2.93. The molecule has 124 valence electrons. The maximum absolute atomic E-state index is 4.65. The van der Waals surface area contributed by atoms with Crippen molar-refractivity contribution in [3.8, 4) is 0 Å². The van der Waals surface area contributed by atoms with Crippen molar-refractivity contribution in [1.29, 1.82) is 0 Å². The lowest BCUT2D eigenvalue weighted by Crippen LogP contribution is -2.43. The highest BCUT2D eigenvalue weighted by atomic mass is 32.1. The highest BCUT2D eigenvalue weighted by Crippen LogP contribution is 2.16. The number of nitrogens with one attached hydrogen (secondary N) is 2. The van der Waals surface area contributed by atoms with Gasteiger partial charge in [-0.2, -0.15) is 0 Å². The van der Waals surface area contributed by atoms with Crippen LogP contribution in [0.3, 0.4) is 0 Å². The van der Waals surface area contributed by atoms with E-state index in [1.54, 1.807) is 0 Å². The van der Waals surface area contributed by atoms with Crippen LogP contribution in [0, 0.1) is 6.92 Å². The van der Waals surface area contributed by atoms with E-state index in [-0.39, 0.29) is 0 Å². The second-order valence-corrected chi connectivity index (χ2v) is 6.97. The monoisotopic (exact) mass is 330 g/mol. The summed E-state index contributed by atoms with van der Waals surface area (Å²) in [4.78, 5) is 11.8. The molecule has 0 bridgehead atoms. The van der Waals surface area contributed by atoms with Gasteiger partial charge in [0.15, 0.2) is 5.96 Å². The van der Waals surface area contributed by atoms with Crippen LogP contribution < -0.4 is 10.6 Å². The van der Waals surface area contributed by atoms with Gasteiger partial charge in [0.05, 0.1) is 0 Å². The fraction of sp³-hybridized carbons (Fsp3) is 0.444. The highest BCUT2D eigenvalue weighted by molar-refractivity contribution is 7.11. The molecule has 0 saturated heterocycles. The normalized spacial score (nSPS) is 12.9. The van der Waals surface area contributed by atoms with Crippen LogP contribution in [-0.4, -0.2) is 30.1 Å². The molecule has 0 amide bonds. The molecule has 5 heteroatoms. The molecule has 1 unspecified atom stereocenters. The molecule has 0 aliphatic heterocycles. The van der Waals surface area contributed by atoms with Gasteiger partial charge in [0.2, 0.25) is 0 Å². The second-order valence-electron chi connectivity index (χ2n) is 5.59. The fourth-order valence-corrected chi connectivity index (χ4v) is 3.35. The van der Waals surface area contributed by atoms with Crippen LogP contribution in [0.2, 0.25) is 0 Å². The second kappa shape index (κ2) is 9.30. The van der Waals surface area contributed by atoms with E-state index >= 15 is 0 Å². The van der Waals surface area contributed by atoms with Gasteiger partial charge in [0, 0.05) is 53.6 Å². The summed E-state index contributed by atoms with van der Waals surface area (Å²) in [5, 5.41) is 6.80. The zero-order valence-corrected chi connectivity index (χ0v) is 15.0. The number of aromatic nitrogens is 1. The first-order valence-electron chi connectivity index (χ1n) is 8.17. The van der Waals surface area contributed by atoms with E-state index in [4.69, 9.17) is 0 Å². The first-order valence-corrected chi connectivity index (χ1v) is 8.99. The van der Waals surface area contributed by atoms with E-state index in [9.17, 15) is 0 Å². The Kier molecular flexibility index (Phi) is 7.07. The van der Waals surface area contributed by atoms with Crippen molar-refractivity contribution in [3.05, 3.63) is 52.0 Å². The SMILES string of the molecule is CCNC(=NCCc1ccccn1)NC(C)Cc1ccc(C)s1. The first kappa shape index (κ1) is 17.5. The van der Waals surface area contributed by atoms with E-state index in [1.807, 2.05) is 35.7 Å². The van der Waals surface area contributed by atoms with Gasteiger partial charge in [-0.25, -0.2) is 0 Å². The van der Waals surface area contributed by atoms with Crippen LogP contribution in [0.25, 0.3) is 0 Å². The Bertz CT molecular complexity index is 606. The zero-order valence-electron chi connectivity index (χ0n) is 14.2. The molecule has 0 aromatic carbocycles. The predicted octanol–water partition coefficient (Wildman–Crippen LogP) is 3.18. The number of aliphatic imine (C=N–C) groups is 1. The minimum atomic E-state index is 0.348. The third-order valence-corrected chi connectivity index (χ3v) is 4.42. The number of hydrogen-bond donors (Lipinski definition) is 2. The Morgan fingerprint density at radius 1 is 1.30 bits per heavy atom. The molecule has 0 radical (unpaired) electrons. The Morgan fingerprint density at radius 3 is 2.83 bits per heavy atom. The third-order valence-electron chi connectivity index (χ3n) is 3.39. The van der Waals surface area contributed by atoms with Crippen LogP contribution in [0.15, 0.2) is 41.5 Å². The summed E-state index contributed by atoms with van der Waals surface area (Å²) in [6.07, 6.45) is 3.70. The maximum Gasteiger partial charge on any atom is 0.191 e. The number of nitrogens with zero attached hydrogens (tertiary/aromatic N) is 2. The van der Waals surface area contributed by atoms with Crippen LogP contribution in [0.5, 0.6) is 0 Å². The van der Waals surface area contributed by atoms with Crippen molar-refractivity contribution in [2.24, 2.45) is 4.99 Å². The molecule has 0 saturated carbocycles. The van der Waals surface area contributed by atoms with Gasteiger partial charge in [-0.15, -0.1) is 11.3 Å². The van der Waals surface area contributed by atoms with E-state index in [0.717, 1.165) is 37.6 Å². The molecular formula is C18H26N4S. The van der Waals surface area contributed by atoms with Crippen LogP contribution in [-0.2, 0) is 12.8 Å². The molecule has 1 atom stereocenters. The van der Waals surface area contributed by atoms with Gasteiger partial charge >= 0.3 is 0 Å². The molecule has 2 aromatic rings. The van der Waals surface area contributed by atoms with Crippen LogP contribution in [0.4, 0.5) is 0 Å². The lowest BCUT2D eigenvalue weighted by molar-refractivity contribution is 0.645. The van der Waals surface area contributed by atoms with Crippen LogP contribution in [0.1, 0.15) is 29.3 Å². The first-order chi connectivity index (χ1) is 11.2. The minimum Gasteiger partial charge on any atom is -0.357 e. The zero-order chi connectivity index (χ0) is 16.5. The van der Waals surface area contributed by atoms with Gasteiger partial charge in [-0.05, 0) is 45.0 Å².